The fourth-order valence-corrected chi connectivity index (χ4v) is 2.38. The predicted molar refractivity (Wildman–Crippen MR) is 77.4 cm³/mol. The Morgan fingerprint density at radius 1 is 1.28 bits per heavy atom. The van der Waals surface area contributed by atoms with E-state index in [0.717, 1.165) is 25.0 Å². The quantitative estimate of drug-likeness (QED) is 0.396. The lowest BCUT2D eigenvalue weighted by molar-refractivity contribution is -0.144. The highest BCUT2D eigenvalue weighted by Crippen LogP contribution is 2.19. The molecule has 0 amide bonds. The minimum atomic E-state index is -0.0727. The Morgan fingerprint density at radius 2 is 2.00 bits per heavy atom. The summed E-state index contributed by atoms with van der Waals surface area (Å²) in [5, 5.41) is 0. The van der Waals surface area contributed by atoms with E-state index in [9.17, 15) is 4.79 Å². The molecule has 1 aromatic carbocycles. The number of rotatable bonds is 8. The summed E-state index contributed by atoms with van der Waals surface area (Å²) in [5.41, 5.74) is 1.19. The Morgan fingerprint density at radius 3 is 2.67 bits per heavy atom. The van der Waals surface area contributed by atoms with Crippen LogP contribution in [0.25, 0.3) is 0 Å². The third-order valence-corrected chi connectivity index (χ3v) is 3.68. The van der Waals surface area contributed by atoms with E-state index in [1.54, 1.807) is 11.8 Å². The maximum atomic E-state index is 11.5. The summed E-state index contributed by atoms with van der Waals surface area (Å²) in [7, 11) is 0. The topological polar surface area (TPSA) is 26.3 Å². The van der Waals surface area contributed by atoms with Gasteiger partial charge in [0, 0.05) is 12.2 Å². The molecule has 0 aromatic heterocycles. The highest BCUT2D eigenvalue weighted by atomic mass is 32.2. The fourth-order valence-electron chi connectivity index (χ4n) is 1.59. The zero-order chi connectivity index (χ0) is 13.2. The van der Waals surface area contributed by atoms with Gasteiger partial charge in [0.25, 0.3) is 0 Å². The lowest BCUT2D eigenvalue weighted by Gasteiger charge is -2.12. The van der Waals surface area contributed by atoms with E-state index in [1.807, 2.05) is 25.1 Å². The monoisotopic (exact) mass is 266 g/mol. The van der Waals surface area contributed by atoms with E-state index in [2.05, 4.69) is 19.1 Å². The first-order chi connectivity index (χ1) is 8.72. The molecule has 0 saturated carbocycles. The first-order valence-corrected chi connectivity index (χ1v) is 7.62. The van der Waals surface area contributed by atoms with Gasteiger partial charge < -0.3 is 4.74 Å². The van der Waals surface area contributed by atoms with Crippen LogP contribution < -0.4 is 0 Å². The molecule has 0 fully saturated rings. The standard InChI is InChI=1S/C15H22O2S/c1-3-4-6-11-15(16)17-13(2)18-12-14-9-7-5-8-10-14/h5,7-10,13H,3-4,6,11-12H2,1-2H3. The zero-order valence-corrected chi connectivity index (χ0v) is 12.0. The molecular formula is C15H22O2S. The molecule has 0 N–H and O–H groups in total. The normalized spacial score (nSPS) is 12.1. The third-order valence-electron chi connectivity index (χ3n) is 2.61. The number of hydrogen-bond acceptors (Lipinski definition) is 3. The van der Waals surface area contributed by atoms with Gasteiger partial charge in [-0.3, -0.25) is 4.79 Å². The Balaban J connectivity index is 2.17. The van der Waals surface area contributed by atoms with Crippen LogP contribution in [0.2, 0.25) is 0 Å². The number of ether oxygens (including phenoxy) is 1. The van der Waals surface area contributed by atoms with Crippen molar-refractivity contribution in [3.63, 3.8) is 0 Å². The van der Waals surface area contributed by atoms with Gasteiger partial charge in [0.1, 0.15) is 5.44 Å². The number of esters is 1. The SMILES string of the molecule is CCCCCC(=O)OC(C)SCc1ccccc1. The van der Waals surface area contributed by atoms with Crippen molar-refractivity contribution in [2.24, 2.45) is 0 Å². The molecule has 0 aliphatic heterocycles. The molecule has 0 spiro atoms. The number of benzene rings is 1. The van der Waals surface area contributed by atoms with Crippen molar-refractivity contribution in [3.8, 4) is 0 Å². The van der Waals surface area contributed by atoms with Crippen LogP contribution >= 0.6 is 11.8 Å². The molecular weight excluding hydrogens is 244 g/mol. The van der Waals surface area contributed by atoms with Gasteiger partial charge in [-0.2, -0.15) is 0 Å². The molecule has 0 radical (unpaired) electrons. The molecule has 1 atom stereocenters. The van der Waals surface area contributed by atoms with Crippen LogP contribution in [0.1, 0.15) is 45.1 Å². The Kier molecular flexibility index (Phi) is 7.58. The van der Waals surface area contributed by atoms with Crippen molar-refractivity contribution >= 4 is 17.7 Å². The minimum absolute atomic E-state index is 0.0701. The maximum absolute atomic E-state index is 11.5. The van der Waals surface area contributed by atoms with Crippen molar-refractivity contribution in [3.05, 3.63) is 35.9 Å². The molecule has 1 unspecified atom stereocenters. The van der Waals surface area contributed by atoms with E-state index < -0.39 is 0 Å². The second-order valence-corrected chi connectivity index (χ2v) is 5.60. The molecule has 0 aliphatic carbocycles. The third kappa shape index (κ3) is 6.70. The Hall–Kier alpha value is -0.960. The molecule has 1 rings (SSSR count). The van der Waals surface area contributed by atoms with E-state index in [-0.39, 0.29) is 11.4 Å². The van der Waals surface area contributed by atoms with E-state index in [0.29, 0.717) is 6.42 Å². The molecule has 18 heavy (non-hydrogen) atoms. The maximum Gasteiger partial charge on any atom is 0.306 e. The number of thioether (sulfide) groups is 1. The molecule has 3 heteroatoms. The average Bonchev–Trinajstić information content (AvgIpc) is 2.38. The zero-order valence-electron chi connectivity index (χ0n) is 11.2. The summed E-state index contributed by atoms with van der Waals surface area (Å²) in [4.78, 5) is 11.5. The van der Waals surface area contributed by atoms with Gasteiger partial charge in [0.2, 0.25) is 0 Å². The van der Waals surface area contributed by atoms with Crippen LogP contribution in [0.4, 0.5) is 0 Å². The summed E-state index contributed by atoms with van der Waals surface area (Å²) >= 11 is 1.65. The van der Waals surface area contributed by atoms with Crippen molar-refractivity contribution < 1.29 is 9.53 Å². The molecule has 2 nitrogen and oxygen atoms in total. The average molecular weight is 266 g/mol. The molecule has 0 heterocycles. The molecule has 0 aliphatic rings. The fraction of sp³-hybridized carbons (Fsp3) is 0.533. The van der Waals surface area contributed by atoms with Crippen LogP contribution in [0, 0.1) is 0 Å². The van der Waals surface area contributed by atoms with Crippen molar-refractivity contribution in [2.75, 3.05) is 0 Å². The van der Waals surface area contributed by atoms with Gasteiger partial charge in [0.15, 0.2) is 0 Å². The van der Waals surface area contributed by atoms with Gasteiger partial charge in [-0.25, -0.2) is 0 Å². The molecule has 0 saturated heterocycles. The Labute approximate surface area is 114 Å². The Bertz CT molecular complexity index is 338. The molecule has 1 aromatic rings. The number of carbonyl (C=O) groups excluding carboxylic acids is 1. The minimum Gasteiger partial charge on any atom is -0.452 e. The summed E-state index contributed by atoms with van der Waals surface area (Å²) in [6.45, 7) is 4.06. The van der Waals surface area contributed by atoms with Gasteiger partial charge in [-0.05, 0) is 18.9 Å². The van der Waals surface area contributed by atoms with E-state index in [1.165, 1.54) is 5.56 Å². The smallest absolute Gasteiger partial charge is 0.306 e. The van der Waals surface area contributed by atoms with Gasteiger partial charge >= 0.3 is 5.97 Å². The second-order valence-electron chi connectivity index (χ2n) is 4.31. The largest absolute Gasteiger partial charge is 0.452 e. The van der Waals surface area contributed by atoms with Crippen LogP contribution in [-0.2, 0) is 15.3 Å². The molecule has 100 valence electrons. The van der Waals surface area contributed by atoms with Gasteiger partial charge in [-0.15, -0.1) is 11.8 Å². The lowest BCUT2D eigenvalue weighted by Crippen LogP contribution is -2.11. The van der Waals surface area contributed by atoms with E-state index >= 15 is 0 Å². The summed E-state index contributed by atoms with van der Waals surface area (Å²) < 4.78 is 5.34. The van der Waals surface area contributed by atoms with Crippen molar-refractivity contribution in [1.29, 1.82) is 0 Å². The van der Waals surface area contributed by atoms with Gasteiger partial charge in [0.05, 0.1) is 0 Å². The molecule has 0 bridgehead atoms. The summed E-state index contributed by atoms with van der Waals surface area (Å²) in [6.07, 6.45) is 3.71. The van der Waals surface area contributed by atoms with Crippen LogP contribution in [0.15, 0.2) is 30.3 Å². The number of unbranched alkanes of at least 4 members (excludes halogenated alkanes) is 2. The summed E-state index contributed by atoms with van der Waals surface area (Å²) in [6, 6.07) is 10.2. The highest BCUT2D eigenvalue weighted by molar-refractivity contribution is 7.98. The van der Waals surface area contributed by atoms with Crippen molar-refractivity contribution in [2.45, 2.75) is 50.7 Å². The second kappa shape index (κ2) is 9.03. The van der Waals surface area contributed by atoms with Gasteiger partial charge in [-0.1, -0.05) is 50.1 Å². The first-order valence-electron chi connectivity index (χ1n) is 6.57. The van der Waals surface area contributed by atoms with Crippen molar-refractivity contribution in [1.82, 2.24) is 0 Å². The number of hydrogen-bond donors (Lipinski definition) is 0. The predicted octanol–water partition coefficient (Wildman–Crippen LogP) is 4.39. The first kappa shape index (κ1) is 15.1. The lowest BCUT2D eigenvalue weighted by atomic mass is 10.2. The summed E-state index contributed by atoms with van der Waals surface area (Å²) in [5.74, 6) is 0.807. The van der Waals surface area contributed by atoms with Crippen LogP contribution in [0.5, 0.6) is 0 Å². The van der Waals surface area contributed by atoms with Crippen LogP contribution in [-0.4, -0.2) is 11.4 Å². The van der Waals surface area contributed by atoms with Crippen LogP contribution in [0.3, 0.4) is 0 Å². The van der Waals surface area contributed by atoms with E-state index in [4.69, 9.17) is 4.74 Å². The number of carbonyl (C=O) groups is 1. The highest BCUT2D eigenvalue weighted by Gasteiger charge is 2.09.